The molecule has 0 fully saturated rings. The molecule has 94 valence electrons. The van der Waals surface area contributed by atoms with Crippen molar-refractivity contribution in [2.24, 2.45) is 5.84 Å². The Hall–Kier alpha value is -2.13. The second-order valence-electron chi connectivity index (χ2n) is 3.18. The van der Waals surface area contributed by atoms with Crippen LogP contribution >= 0.6 is 11.8 Å². The normalized spacial score (nSPS) is 10.3. The van der Waals surface area contributed by atoms with Crippen LogP contribution in [-0.2, 0) is 5.75 Å². The number of hydrazine groups is 1. The molecule has 1 amide bonds. The molecule has 0 aliphatic carbocycles. The zero-order valence-electron chi connectivity index (χ0n) is 9.04. The molecule has 4 N–H and O–H groups in total. The lowest BCUT2D eigenvalue weighted by molar-refractivity contribution is 0.0944. The summed E-state index contributed by atoms with van der Waals surface area (Å²) >= 11 is 1.26. The predicted octanol–water partition coefficient (Wildman–Crippen LogP) is -0.346. The van der Waals surface area contributed by atoms with Gasteiger partial charge in [-0.1, -0.05) is 16.9 Å². The fourth-order valence-corrected chi connectivity index (χ4v) is 1.85. The van der Waals surface area contributed by atoms with Crippen molar-refractivity contribution in [1.29, 1.82) is 0 Å². The van der Waals surface area contributed by atoms with Crippen LogP contribution in [0.15, 0.2) is 32.8 Å². The number of nitrogens with zero attached hydrogens (tertiary/aromatic N) is 2. The zero-order chi connectivity index (χ0) is 13.0. The number of hydrogen-bond acceptors (Lipinski definition) is 7. The van der Waals surface area contributed by atoms with Crippen molar-refractivity contribution in [1.82, 2.24) is 20.6 Å². The SMILES string of the molecule is NNC(=O)c1cc(CSc2nccc(=O)[nH]2)on1. The summed E-state index contributed by atoms with van der Waals surface area (Å²) in [6.07, 6.45) is 1.41. The number of thioether (sulfide) groups is 1. The Labute approximate surface area is 105 Å². The van der Waals surface area contributed by atoms with Crippen LogP contribution < -0.4 is 16.8 Å². The number of hydrogen-bond donors (Lipinski definition) is 3. The minimum absolute atomic E-state index is 0.0996. The first-order chi connectivity index (χ1) is 8.69. The molecule has 2 aromatic heterocycles. The van der Waals surface area contributed by atoms with E-state index in [1.165, 1.54) is 30.1 Å². The van der Waals surface area contributed by atoms with Gasteiger partial charge in [-0.25, -0.2) is 10.8 Å². The number of carbonyl (C=O) groups is 1. The molecular formula is C9H9N5O3S. The van der Waals surface area contributed by atoms with Crippen LogP contribution in [0, 0.1) is 0 Å². The Kier molecular flexibility index (Phi) is 3.75. The van der Waals surface area contributed by atoms with Gasteiger partial charge in [0.15, 0.2) is 10.9 Å². The van der Waals surface area contributed by atoms with Crippen LogP contribution in [-0.4, -0.2) is 21.0 Å². The summed E-state index contributed by atoms with van der Waals surface area (Å²) in [7, 11) is 0. The fraction of sp³-hybridized carbons (Fsp3) is 0.111. The number of aromatic amines is 1. The number of aromatic nitrogens is 3. The van der Waals surface area contributed by atoms with Gasteiger partial charge in [-0.3, -0.25) is 15.0 Å². The van der Waals surface area contributed by atoms with Crippen LogP contribution in [0.5, 0.6) is 0 Å². The average molecular weight is 267 g/mol. The summed E-state index contributed by atoms with van der Waals surface area (Å²) in [5.74, 6) is 5.30. The van der Waals surface area contributed by atoms with Crippen LogP contribution in [0.4, 0.5) is 0 Å². The molecule has 0 aliphatic rings. The first-order valence-corrected chi connectivity index (χ1v) is 5.82. The van der Waals surface area contributed by atoms with Gasteiger partial charge >= 0.3 is 0 Å². The summed E-state index contributed by atoms with van der Waals surface area (Å²) in [5, 5.41) is 4.01. The molecule has 0 bridgehead atoms. The van der Waals surface area contributed by atoms with E-state index in [1.807, 2.05) is 5.43 Å². The molecule has 2 aromatic rings. The van der Waals surface area contributed by atoms with Gasteiger partial charge in [0.25, 0.3) is 11.5 Å². The van der Waals surface area contributed by atoms with E-state index >= 15 is 0 Å². The molecule has 0 unspecified atom stereocenters. The monoisotopic (exact) mass is 267 g/mol. The highest BCUT2D eigenvalue weighted by Gasteiger charge is 2.11. The van der Waals surface area contributed by atoms with E-state index in [2.05, 4.69) is 15.1 Å². The maximum absolute atomic E-state index is 11.1. The second kappa shape index (κ2) is 5.47. The van der Waals surface area contributed by atoms with Gasteiger partial charge in [-0.2, -0.15) is 0 Å². The number of nitrogens with one attached hydrogen (secondary N) is 2. The standard InChI is InChI=1S/C9H9N5O3S/c10-13-8(16)6-3-5(17-14-6)4-18-9-11-2-1-7(15)12-9/h1-3H,4,10H2,(H,13,16)(H,11,12,15). The lowest BCUT2D eigenvalue weighted by Crippen LogP contribution is -2.30. The van der Waals surface area contributed by atoms with E-state index in [0.29, 0.717) is 16.7 Å². The van der Waals surface area contributed by atoms with E-state index in [-0.39, 0.29) is 11.3 Å². The average Bonchev–Trinajstić information content (AvgIpc) is 2.84. The van der Waals surface area contributed by atoms with Crippen LogP contribution in [0.25, 0.3) is 0 Å². The van der Waals surface area contributed by atoms with Crippen LogP contribution in [0.2, 0.25) is 0 Å². The molecule has 0 saturated carbocycles. The molecule has 9 heteroatoms. The Bertz CT molecular complexity index is 608. The lowest BCUT2D eigenvalue weighted by atomic mass is 10.4. The molecule has 2 rings (SSSR count). The summed E-state index contributed by atoms with van der Waals surface area (Å²) in [4.78, 5) is 28.7. The van der Waals surface area contributed by atoms with Crippen molar-refractivity contribution in [3.8, 4) is 0 Å². The van der Waals surface area contributed by atoms with Crippen molar-refractivity contribution in [2.75, 3.05) is 0 Å². The molecule has 0 atom stereocenters. The third-order valence-electron chi connectivity index (χ3n) is 1.92. The van der Waals surface area contributed by atoms with Crippen molar-refractivity contribution in [3.63, 3.8) is 0 Å². The molecule has 0 spiro atoms. The van der Waals surface area contributed by atoms with Gasteiger partial charge in [0.1, 0.15) is 5.76 Å². The Balaban J connectivity index is 2.00. The van der Waals surface area contributed by atoms with Gasteiger partial charge < -0.3 is 9.51 Å². The highest BCUT2D eigenvalue weighted by atomic mass is 32.2. The first kappa shape index (κ1) is 12.3. The molecule has 2 heterocycles. The Morgan fingerprint density at radius 3 is 3.17 bits per heavy atom. The third kappa shape index (κ3) is 2.96. The quantitative estimate of drug-likeness (QED) is 0.227. The molecule has 0 saturated heterocycles. The molecule has 18 heavy (non-hydrogen) atoms. The largest absolute Gasteiger partial charge is 0.360 e. The highest BCUT2D eigenvalue weighted by Crippen LogP contribution is 2.18. The number of carbonyl (C=O) groups excluding carboxylic acids is 1. The maximum atomic E-state index is 11.1. The molecule has 0 radical (unpaired) electrons. The van der Waals surface area contributed by atoms with Crippen molar-refractivity contribution in [3.05, 3.63) is 40.1 Å². The predicted molar refractivity (Wildman–Crippen MR) is 62.6 cm³/mol. The summed E-state index contributed by atoms with van der Waals surface area (Å²) < 4.78 is 4.93. The van der Waals surface area contributed by atoms with Crippen LogP contribution in [0.1, 0.15) is 16.2 Å². The molecular weight excluding hydrogens is 258 g/mol. The van der Waals surface area contributed by atoms with Gasteiger partial charge in [-0.05, 0) is 0 Å². The maximum Gasteiger partial charge on any atom is 0.287 e. The number of H-pyrrole nitrogens is 1. The Morgan fingerprint density at radius 1 is 1.61 bits per heavy atom. The van der Waals surface area contributed by atoms with Gasteiger partial charge in [0, 0.05) is 18.3 Å². The molecule has 8 nitrogen and oxygen atoms in total. The van der Waals surface area contributed by atoms with E-state index < -0.39 is 5.91 Å². The smallest absolute Gasteiger partial charge is 0.287 e. The molecule has 0 aromatic carbocycles. The number of nitrogen functional groups attached to an aromatic ring is 1. The summed E-state index contributed by atoms with van der Waals surface area (Å²) in [6.45, 7) is 0. The van der Waals surface area contributed by atoms with E-state index in [0.717, 1.165) is 0 Å². The Morgan fingerprint density at radius 2 is 2.44 bits per heavy atom. The third-order valence-corrected chi connectivity index (χ3v) is 2.83. The summed E-state index contributed by atoms with van der Waals surface area (Å²) in [5.41, 5.74) is 1.82. The zero-order valence-corrected chi connectivity index (χ0v) is 9.86. The van der Waals surface area contributed by atoms with Gasteiger partial charge in [-0.15, -0.1) is 0 Å². The van der Waals surface area contributed by atoms with E-state index in [1.54, 1.807) is 0 Å². The minimum Gasteiger partial charge on any atom is -0.360 e. The number of rotatable bonds is 4. The second-order valence-corrected chi connectivity index (χ2v) is 4.14. The van der Waals surface area contributed by atoms with Gasteiger partial charge in [0.05, 0.1) is 5.75 Å². The number of amides is 1. The lowest BCUT2D eigenvalue weighted by Gasteiger charge is -1.95. The number of nitrogens with two attached hydrogens (primary N) is 1. The van der Waals surface area contributed by atoms with E-state index in [4.69, 9.17) is 10.4 Å². The van der Waals surface area contributed by atoms with Crippen molar-refractivity contribution < 1.29 is 9.32 Å². The first-order valence-electron chi connectivity index (χ1n) is 4.83. The highest BCUT2D eigenvalue weighted by molar-refractivity contribution is 7.98. The van der Waals surface area contributed by atoms with Crippen LogP contribution in [0.3, 0.4) is 0 Å². The van der Waals surface area contributed by atoms with Crippen molar-refractivity contribution in [2.45, 2.75) is 10.9 Å². The topological polar surface area (TPSA) is 127 Å². The fourth-order valence-electron chi connectivity index (χ4n) is 1.13. The van der Waals surface area contributed by atoms with Crippen molar-refractivity contribution >= 4 is 17.7 Å². The minimum atomic E-state index is -0.527. The molecule has 0 aliphatic heterocycles. The summed E-state index contributed by atoms with van der Waals surface area (Å²) in [6, 6.07) is 2.79. The van der Waals surface area contributed by atoms with Gasteiger partial charge in [0.2, 0.25) is 0 Å². The van der Waals surface area contributed by atoms with E-state index in [9.17, 15) is 9.59 Å².